The second kappa shape index (κ2) is 8.62. The zero-order valence-electron chi connectivity index (χ0n) is 17.2. The van der Waals surface area contributed by atoms with Crippen molar-refractivity contribution in [2.45, 2.75) is 26.9 Å². The maximum Gasteiger partial charge on any atom is 0.253 e. The summed E-state index contributed by atoms with van der Waals surface area (Å²) in [6.45, 7) is 9.29. The third-order valence-electron chi connectivity index (χ3n) is 5.66. The number of amides is 1. The maximum atomic E-state index is 12.9. The van der Waals surface area contributed by atoms with Gasteiger partial charge < -0.3 is 4.90 Å². The van der Waals surface area contributed by atoms with Gasteiger partial charge >= 0.3 is 0 Å². The van der Waals surface area contributed by atoms with Gasteiger partial charge in [-0.2, -0.15) is 5.10 Å². The van der Waals surface area contributed by atoms with Gasteiger partial charge in [-0.15, -0.1) is 0 Å². The lowest BCUT2D eigenvalue weighted by Crippen LogP contribution is -2.48. The first-order valence-corrected chi connectivity index (χ1v) is 10.3. The average molecular weight is 389 g/mol. The minimum atomic E-state index is 0.124. The van der Waals surface area contributed by atoms with E-state index in [4.69, 9.17) is 0 Å². The van der Waals surface area contributed by atoms with Gasteiger partial charge in [-0.05, 0) is 37.1 Å². The SMILES string of the molecule is CCn1cc(CN2CCN(C(=O)c3ccc(-c4ccccc4)cc3)CC2)c(C)n1. The molecule has 0 N–H and O–H groups in total. The van der Waals surface area contributed by atoms with Crippen LogP contribution in [-0.4, -0.2) is 51.7 Å². The van der Waals surface area contributed by atoms with Gasteiger partial charge in [0, 0.05) is 56.6 Å². The molecule has 29 heavy (non-hydrogen) atoms. The van der Waals surface area contributed by atoms with Gasteiger partial charge in [0.1, 0.15) is 0 Å². The molecule has 1 amide bonds. The van der Waals surface area contributed by atoms with Crippen LogP contribution >= 0.6 is 0 Å². The lowest BCUT2D eigenvalue weighted by Gasteiger charge is -2.34. The Morgan fingerprint density at radius 3 is 2.21 bits per heavy atom. The van der Waals surface area contributed by atoms with Crippen LogP contribution in [-0.2, 0) is 13.1 Å². The van der Waals surface area contributed by atoms with E-state index in [0.29, 0.717) is 0 Å². The van der Waals surface area contributed by atoms with Gasteiger partial charge in [0.05, 0.1) is 5.69 Å². The molecule has 1 aliphatic rings. The Bertz CT molecular complexity index is 954. The van der Waals surface area contributed by atoms with E-state index in [0.717, 1.165) is 56.1 Å². The monoisotopic (exact) mass is 388 g/mol. The fourth-order valence-corrected chi connectivity index (χ4v) is 3.84. The first-order valence-electron chi connectivity index (χ1n) is 10.3. The molecule has 1 fully saturated rings. The molecule has 1 saturated heterocycles. The van der Waals surface area contributed by atoms with Crippen LogP contribution in [0.1, 0.15) is 28.5 Å². The van der Waals surface area contributed by atoms with Crippen LogP contribution in [0.25, 0.3) is 11.1 Å². The Labute approximate surface area is 172 Å². The summed E-state index contributed by atoms with van der Waals surface area (Å²) in [7, 11) is 0. The van der Waals surface area contributed by atoms with E-state index >= 15 is 0 Å². The van der Waals surface area contributed by atoms with E-state index in [-0.39, 0.29) is 5.91 Å². The van der Waals surface area contributed by atoms with Crippen LogP contribution in [0.4, 0.5) is 0 Å². The molecular formula is C24H28N4O. The topological polar surface area (TPSA) is 41.4 Å². The second-order valence-electron chi connectivity index (χ2n) is 7.61. The molecule has 2 heterocycles. The van der Waals surface area contributed by atoms with E-state index in [2.05, 4.69) is 42.2 Å². The number of nitrogens with zero attached hydrogens (tertiary/aromatic N) is 4. The molecule has 3 aromatic rings. The highest BCUT2D eigenvalue weighted by molar-refractivity contribution is 5.94. The Balaban J connectivity index is 1.34. The molecule has 0 aliphatic carbocycles. The molecule has 5 nitrogen and oxygen atoms in total. The fourth-order valence-electron chi connectivity index (χ4n) is 3.84. The summed E-state index contributed by atoms with van der Waals surface area (Å²) >= 11 is 0. The van der Waals surface area contributed by atoms with Gasteiger partial charge in [0.15, 0.2) is 0 Å². The highest BCUT2D eigenvalue weighted by Gasteiger charge is 2.23. The van der Waals surface area contributed by atoms with Crippen molar-refractivity contribution in [3.63, 3.8) is 0 Å². The van der Waals surface area contributed by atoms with Crippen molar-refractivity contribution in [3.8, 4) is 11.1 Å². The van der Waals surface area contributed by atoms with Crippen LogP contribution < -0.4 is 0 Å². The Morgan fingerprint density at radius 1 is 0.931 bits per heavy atom. The van der Waals surface area contributed by atoms with Gasteiger partial charge in [0.25, 0.3) is 5.91 Å². The number of carbonyl (C=O) groups is 1. The van der Waals surface area contributed by atoms with Gasteiger partial charge in [0.2, 0.25) is 0 Å². The van der Waals surface area contributed by atoms with Crippen LogP contribution in [0, 0.1) is 6.92 Å². The third kappa shape index (κ3) is 4.40. The summed E-state index contributed by atoms with van der Waals surface area (Å²) in [5.74, 6) is 0.124. The molecule has 1 aromatic heterocycles. The molecule has 1 aliphatic heterocycles. The molecule has 0 bridgehead atoms. The smallest absolute Gasteiger partial charge is 0.253 e. The van der Waals surface area contributed by atoms with E-state index < -0.39 is 0 Å². The fraction of sp³-hybridized carbons (Fsp3) is 0.333. The third-order valence-corrected chi connectivity index (χ3v) is 5.66. The predicted molar refractivity (Wildman–Crippen MR) is 116 cm³/mol. The number of benzene rings is 2. The molecule has 0 radical (unpaired) electrons. The van der Waals surface area contributed by atoms with Crippen molar-refractivity contribution >= 4 is 5.91 Å². The number of hydrogen-bond donors (Lipinski definition) is 0. The lowest BCUT2D eigenvalue weighted by molar-refractivity contribution is 0.0628. The molecule has 4 rings (SSSR count). The van der Waals surface area contributed by atoms with Crippen molar-refractivity contribution < 1.29 is 4.79 Å². The van der Waals surface area contributed by atoms with Gasteiger partial charge in [-0.1, -0.05) is 42.5 Å². The summed E-state index contributed by atoms with van der Waals surface area (Å²) in [4.78, 5) is 17.3. The normalized spacial score (nSPS) is 14.9. The molecule has 5 heteroatoms. The summed E-state index contributed by atoms with van der Waals surface area (Å²) < 4.78 is 1.99. The molecule has 150 valence electrons. The van der Waals surface area contributed by atoms with Crippen molar-refractivity contribution in [2.24, 2.45) is 0 Å². The molecule has 2 aromatic carbocycles. The first kappa shape index (κ1) is 19.4. The predicted octanol–water partition coefficient (Wildman–Crippen LogP) is 3.84. The zero-order chi connectivity index (χ0) is 20.2. The maximum absolute atomic E-state index is 12.9. The number of rotatable bonds is 5. The molecule has 0 saturated carbocycles. The minimum absolute atomic E-state index is 0.124. The lowest BCUT2D eigenvalue weighted by atomic mass is 10.0. The van der Waals surface area contributed by atoms with E-state index in [9.17, 15) is 4.79 Å². The minimum Gasteiger partial charge on any atom is -0.336 e. The van der Waals surface area contributed by atoms with Crippen molar-refractivity contribution in [1.29, 1.82) is 0 Å². The number of aromatic nitrogens is 2. The zero-order valence-corrected chi connectivity index (χ0v) is 17.2. The Hall–Kier alpha value is -2.92. The number of aryl methyl sites for hydroxylation is 2. The van der Waals surface area contributed by atoms with Gasteiger partial charge in [-0.3, -0.25) is 14.4 Å². The standard InChI is InChI=1S/C24H28N4O/c1-3-28-18-23(19(2)25-28)17-26-13-15-27(16-14-26)24(29)22-11-9-21(10-12-22)20-7-5-4-6-8-20/h4-12,18H,3,13-17H2,1-2H3. The number of carbonyl (C=O) groups excluding carboxylic acids is 1. The molecule has 0 atom stereocenters. The van der Waals surface area contributed by atoms with Crippen molar-refractivity contribution in [3.05, 3.63) is 77.6 Å². The average Bonchev–Trinajstić information content (AvgIpc) is 3.14. The summed E-state index contributed by atoms with van der Waals surface area (Å²) in [5.41, 5.74) is 5.45. The summed E-state index contributed by atoms with van der Waals surface area (Å²) in [5, 5.41) is 4.53. The van der Waals surface area contributed by atoms with E-state index in [1.807, 2.05) is 52.0 Å². The van der Waals surface area contributed by atoms with Crippen molar-refractivity contribution in [2.75, 3.05) is 26.2 Å². The van der Waals surface area contributed by atoms with Crippen LogP contribution in [0.5, 0.6) is 0 Å². The van der Waals surface area contributed by atoms with Crippen LogP contribution in [0.15, 0.2) is 60.8 Å². The Morgan fingerprint density at radius 2 is 1.59 bits per heavy atom. The molecular weight excluding hydrogens is 360 g/mol. The van der Waals surface area contributed by atoms with Gasteiger partial charge in [-0.25, -0.2) is 0 Å². The number of hydrogen-bond acceptors (Lipinski definition) is 3. The summed E-state index contributed by atoms with van der Waals surface area (Å²) in [6.07, 6.45) is 2.14. The summed E-state index contributed by atoms with van der Waals surface area (Å²) in [6, 6.07) is 18.2. The highest BCUT2D eigenvalue weighted by atomic mass is 16.2. The van der Waals surface area contributed by atoms with Crippen LogP contribution in [0.3, 0.4) is 0 Å². The quantitative estimate of drug-likeness (QED) is 0.667. The van der Waals surface area contributed by atoms with Crippen LogP contribution in [0.2, 0.25) is 0 Å². The number of piperazine rings is 1. The first-order chi connectivity index (χ1) is 14.1. The molecule has 0 unspecified atom stereocenters. The Kier molecular flexibility index (Phi) is 5.76. The van der Waals surface area contributed by atoms with Crippen molar-refractivity contribution in [1.82, 2.24) is 19.6 Å². The highest BCUT2D eigenvalue weighted by Crippen LogP contribution is 2.20. The van der Waals surface area contributed by atoms with E-state index in [1.54, 1.807) is 0 Å². The largest absolute Gasteiger partial charge is 0.336 e. The molecule has 0 spiro atoms. The second-order valence-corrected chi connectivity index (χ2v) is 7.61. The van der Waals surface area contributed by atoms with E-state index in [1.165, 1.54) is 11.1 Å².